The van der Waals surface area contributed by atoms with Crippen LogP contribution in [0, 0.1) is 0 Å². The van der Waals surface area contributed by atoms with Crippen LogP contribution in [0.2, 0.25) is 0 Å². The number of aromatic hydroxyl groups is 1. The zero-order valence-corrected chi connectivity index (χ0v) is 17.6. The minimum Gasteiger partial charge on any atom is -0.504 e. The van der Waals surface area contributed by atoms with Crippen LogP contribution in [0.25, 0.3) is 6.08 Å². The van der Waals surface area contributed by atoms with Crippen LogP contribution in [-0.4, -0.2) is 22.8 Å². The van der Waals surface area contributed by atoms with Gasteiger partial charge in [-0.3, -0.25) is 4.79 Å². The molecule has 2 aromatic carbocycles. The van der Waals surface area contributed by atoms with Gasteiger partial charge in [0.2, 0.25) is 0 Å². The van der Waals surface area contributed by atoms with Gasteiger partial charge in [0.1, 0.15) is 0 Å². The molecule has 5 nitrogen and oxygen atoms in total. The lowest BCUT2D eigenvalue weighted by Crippen LogP contribution is -2.19. The Bertz CT molecular complexity index is 968. The molecule has 1 amide bonds. The van der Waals surface area contributed by atoms with Gasteiger partial charge in [0.25, 0.3) is 5.91 Å². The molecule has 3 rings (SSSR count). The van der Waals surface area contributed by atoms with Gasteiger partial charge in [0, 0.05) is 10.0 Å². The minimum absolute atomic E-state index is 0.102. The molecule has 1 aliphatic heterocycles. The SMILES string of the molecule is C=CCc1cc(/C=C2\SC(=Nc3ccc(Br)cc3)NC2=O)cc(OCC)c1O. The molecular formula is C21H19BrN2O3S. The Kier molecular flexibility index (Phi) is 6.59. The normalized spacial score (nSPS) is 16.4. The molecule has 0 bridgehead atoms. The average molecular weight is 459 g/mol. The van der Waals surface area contributed by atoms with Gasteiger partial charge in [-0.15, -0.1) is 6.58 Å². The Labute approximate surface area is 176 Å². The molecule has 2 aromatic rings. The van der Waals surface area contributed by atoms with Gasteiger partial charge < -0.3 is 15.2 Å². The van der Waals surface area contributed by atoms with E-state index in [-0.39, 0.29) is 11.7 Å². The topological polar surface area (TPSA) is 70.9 Å². The van der Waals surface area contributed by atoms with E-state index in [2.05, 4.69) is 32.8 Å². The molecule has 28 heavy (non-hydrogen) atoms. The van der Waals surface area contributed by atoms with Gasteiger partial charge in [0.15, 0.2) is 16.7 Å². The summed E-state index contributed by atoms with van der Waals surface area (Å²) >= 11 is 4.66. The first-order valence-electron chi connectivity index (χ1n) is 8.65. The van der Waals surface area contributed by atoms with Crippen molar-refractivity contribution in [2.24, 2.45) is 4.99 Å². The van der Waals surface area contributed by atoms with E-state index in [1.165, 1.54) is 11.8 Å². The summed E-state index contributed by atoms with van der Waals surface area (Å²) in [5.41, 5.74) is 2.21. The van der Waals surface area contributed by atoms with E-state index in [4.69, 9.17) is 4.74 Å². The van der Waals surface area contributed by atoms with Gasteiger partial charge in [-0.25, -0.2) is 4.99 Å². The fraction of sp³-hybridized carbons (Fsp3) is 0.143. The van der Waals surface area contributed by atoms with Crippen molar-refractivity contribution >= 4 is 50.5 Å². The second-order valence-electron chi connectivity index (χ2n) is 5.91. The average Bonchev–Trinajstić information content (AvgIpc) is 3.00. The van der Waals surface area contributed by atoms with Gasteiger partial charge in [0.05, 0.1) is 17.2 Å². The first-order valence-corrected chi connectivity index (χ1v) is 10.3. The van der Waals surface area contributed by atoms with E-state index in [1.807, 2.05) is 37.3 Å². The third-order valence-corrected chi connectivity index (χ3v) is 5.28. The van der Waals surface area contributed by atoms with Crippen molar-refractivity contribution < 1.29 is 14.6 Å². The molecule has 1 heterocycles. The number of carbonyl (C=O) groups is 1. The van der Waals surface area contributed by atoms with Crippen molar-refractivity contribution in [3.63, 3.8) is 0 Å². The number of aliphatic imine (C=N–C) groups is 1. The third kappa shape index (κ3) is 4.85. The molecule has 0 atom stereocenters. The molecule has 0 unspecified atom stereocenters. The van der Waals surface area contributed by atoms with Crippen LogP contribution in [0.3, 0.4) is 0 Å². The number of nitrogens with zero attached hydrogens (tertiary/aromatic N) is 1. The second-order valence-corrected chi connectivity index (χ2v) is 7.86. The monoisotopic (exact) mass is 458 g/mol. The van der Waals surface area contributed by atoms with E-state index >= 15 is 0 Å². The maximum atomic E-state index is 12.3. The molecule has 1 aliphatic rings. The standard InChI is InChI=1S/C21H19BrN2O3S/c1-3-5-14-10-13(11-17(19(14)25)27-4-2)12-18-20(26)24-21(28-18)23-16-8-6-15(22)7-9-16/h3,6-12,25H,1,4-5H2,2H3,(H,23,24,26)/b18-12-. The molecule has 144 valence electrons. The van der Waals surface area contributed by atoms with Gasteiger partial charge in [-0.1, -0.05) is 22.0 Å². The van der Waals surface area contributed by atoms with Crippen molar-refractivity contribution in [1.29, 1.82) is 0 Å². The molecule has 1 saturated heterocycles. The summed E-state index contributed by atoms with van der Waals surface area (Å²) in [6.07, 6.45) is 3.97. The number of phenols is 1. The number of amides is 1. The summed E-state index contributed by atoms with van der Waals surface area (Å²) in [5, 5.41) is 13.6. The number of benzene rings is 2. The number of thioether (sulfide) groups is 1. The fourth-order valence-corrected chi connectivity index (χ4v) is 3.72. The molecule has 0 aliphatic carbocycles. The first-order chi connectivity index (χ1) is 13.5. The van der Waals surface area contributed by atoms with Crippen molar-refractivity contribution in [3.05, 3.63) is 69.6 Å². The lowest BCUT2D eigenvalue weighted by Gasteiger charge is -2.11. The van der Waals surface area contributed by atoms with E-state index < -0.39 is 0 Å². The largest absolute Gasteiger partial charge is 0.504 e. The van der Waals surface area contributed by atoms with E-state index in [1.54, 1.807) is 18.2 Å². The number of carbonyl (C=O) groups excluding carboxylic acids is 1. The smallest absolute Gasteiger partial charge is 0.264 e. The van der Waals surface area contributed by atoms with Crippen LogP contribution in [-0.2, 0) is 11.2 Å². The van der Waals surface area contributed by atoms with Crippen LogP contribution in [0.5, 0.6) is 11.5 Å². The highest BCUT2D eigenvalue weighted by atomic mass is 79.9. The predicted octanol–water partition coefficient (Wildman–Crippen LogP) is 5.17. The number of rotatable bonds is 6. The maximum Gasteiger partial charge on any atom is 0.264 e. The number of amidine groups is 1. The maximum absolute atomic E-state index is 12.3. The second kappa shape index (κ2) is 9.12. The Hall–Kier alpha value is -2.51. The predicted molar refractivity (Wildman–Crippen MR) is 118 cm³/mol. The number of hydrogen-bond donors (Lipinski definition) is 2. The zero-order valence-electron chi connectivity index (χ0n) is 15.2. The lowest BCUT2D eigenvalue weighted by atomic mass is 10.1. The van der Waals surface area contributed by atoms with Crippen LogP contribution < -0.4 is 10.1 Å². The Morgan fingerprint density at radius 2 is 2.07 bits per heavy atom. The molecule has 7 heteroatoms. The molecule has 0 aromatic heterocycles. The number of allylic oxidation sites excluding steroid dienone is 1. The summed E-state index contributed by atoms with van der Waals surface area (Å²) in [5.74, 6) is 0.281. The Morgan fingerprint density at radius 3 is 2.75 bits per heavy atom. The van der Waals surface area contributed by atoms with Crippen LogP contribution in [0.15, 0.2) is 63.4 Å². The summed E-state index contributed by atoms with van der Waals surface area (Å²) < 4.78 is 6.48. The number of phenolic OH excluding ortho intramolecular Hbond substituents is 1. The quantitative estimate of drug-likeness (QED) is 0.462. The summed E-state index contributed by atoms with van der Waals surface area (Å²) in [4.78, 5) is 17.3. The van der Waals surface area contributed by atoms with Gasteiger partial charge in [-0.2, -0.15) is 0 Å². The highest BCUT2D eigenvalue weighted by Crippen LogP contribution is 2.35. The molecule has 2 N–H and O–H groups in total. The number of ether oxygens (including phenoxy) is 1. The van der Waals surface area contributed by atoms with Crippen LogP contribution >= 0.6 is 27.7 Å². The summed E-state index contributed by atoms with van der Waals surface area (Å²) in [7, 11) is 0. The summed E-state index contributed by atoms with van der Waals surface area (Å²) in [6, 6.07) is 11.1. The summed E-state index contributed by atoms with van der Waals surface area (Å²) in [6.45, 7) is 6.00. The Balaban J connectivity index is 1.89. The van der Waals surface area contributed by atoms with Crippen molar-refractivity contribution in [1.82, 2.24) is 5.32 Å². The highest BCUT2D eigenvalue weighted by molar-refractivity contribution is 9.10. The fourth-order valence-electron chi connectivity index (χ4n) is 2.61. The van der Waals surface area contributed by atoms with Gasteiger partial charge in [-0.05, 0) is 73.1 Å². The number of hydrogen-bond acceptors (Lipinski definition) is 5. The molecule has 0 radical (unpaired) electrons. The molecule has 0 spiro atoms. The number of nitrogens with one attached hydrogen (secondary N) is 1. The zero-order chi connectivity index (χ0) is 20.1. The van der Waals surface area contributed by atoms with Crippen molar-refractivity contribution in [3.8, 4) is 11.5 Å². The minimum atomic E-state index is -0.211. The highest BCUT2D eigenvalue weighted by Gasteiger charge is 2.24. The van der Waals surface area contributed by atoms with Gasteiger partial charge >= 0.3 is 0 Å². The van der Waals surface area contributed by atoms with Crippen LogP contribution in [0.1, 0.15) is 18.1 Å². The van der Waals surface area contributed by atoms with E-state index in [0.29, 0.717) is 34.4 Å². The molecular weight excluding hydrogens is 440 g/mol. The van der Waals surface area contributed by atoms with E-state index in [0.717, 1.165) is 15.7 Å². The Morgan fingerprint density at radius 1 is 1.32 bits per heavy atom. The first kappa shape index (κ1) is 20.2. The van der Waals surface area contributed by atoms with Crippen molar-refractivity contribution in [2.45, 2.75) is 13.3 Å². The van der Waals surface area contributed by atoms with Crippen molar-refractivity contribution in [2.75, 3.05) is 6.61 Å². The number of halogens is 1. The molecule has 1 fully saturated rings. The van der Waals surface area contributed by atoms with E-state index in [9.17, 15) is 9.90 Å². The van der Waals surface area contributed by atoms with Crippen LogP contribution in [0.4, 0.5) is 5.69 Å². The molecule has 0 saturated carbocycles. The third-order valence-electron chi connectivity index (χ3n) is 3.85. The lowest BCUT2D eigenvalue weighted by molar-refractivity contribution is -0.115.